The van der Waals surface area contributed by atoms with Gasteiger partial charge in [0.05, 0.1) is 0 Å². The molecule has 1 aromatic carbocycles. The first kappa shape index (κ1) is 32.7. The minimum Gasteiger partial charge on any atom is -0.414 e. The van der Waals surface area contributed by atoms with E-state index in [2.05, 4.69) is 80.9 Å². The van der Waals surface area contributed by atoms with E-state index in [1.54, 1.807) is 0 Å². The van der Waals surface area contributed by atoms with Gasteiger partial charge in [-0.05, 0) is 79.7 Å². The van der Waals surface area contributed by atoms with Crippen LogP contribution in [0.15, 0.2) is 0 Å². The highest BCUT2D eigenvalue weighted by Crippen LogP contribution is 2.35. The Kier molecular flexibility index (Phi) is 18.8. The second-order valence-electron chi connectivity index (χ2n) is 10.8. The molecule has 0 aliphatic rings. The molecule has 0 aliphatic carbocycles. The quantitative estimate of drug-likeness (QED) is 0.112. The molecule has 0 spiro atoms. The summed E-state index contributed by atoms with van der Waals surface area (Å²) in [6.07, 6.45) is 15.3. The van der Waals surface area contributed by atoms with Crippen molar-refractivity contribution >= 4 is 22.7 Å². The Morgan fingerprint density at radius 2 is 1.15 bits per heavy atom. The number of hydrogen-bond donors (Lipinski definition) is 1. The predicted molar refractivity (Wildman–Crippen MR) is 157 cm³/mol. The summed E-state index contributed by atoms with van der Waals surface area (Å²) in [6, 6.07) is 0. The van der Waals surface area contributed by atoms with Gasteiger partial charge in [0.15, 0.2) is 0 Å². The molecule has 0 saturated heterocycles. The molecular weight excluding hydrogens is 440 g/mol. The van der Waals surface area contributed by atoms with E-state index < -0.39 is 0 Å². The summed E-state index contributed by atoms with van der Waals surface area (Å²) in [6.45, 7) is 22.6. The van der Waals surface area contributed by atoms with Gasteiger partial charge in [0.2, 0.25) is 0 Å². The molecule has 3 heteroatoms. The number of unbranched alkanes of at least 4 members (excludes halogenated alkanes) is 2. The highest BCUT2D eigenvalue weighted by molar-refractivity contribution is 8.66. The van der Waals surface area contributed by atoms with E-state index in [0.717, 1.165) is 41.0 Å². The minimum absolute atomic E-state index is 0.885. The van der Waals surface area contributed by atoms with Crippen LogP contribution in [-0.2, 0) is 6.42 Å². The molecule has 0 radical (unpaired) electrons. The summed E-state index contributed by atoms with van der Waals surface area (Å²) in [5.74, 6) is 3.79. The van der Waals surface area contributed by atoms with Crippen LogP contribution in [0.2, 0.25) is 0 Å². The van der Waals surface area contributed by atoms with Crippen molar-refractivity contribution in [2.45, 2.75) is 140 Å². The van der Waals surface area contributed by atoms with Gasteiger partial charge < -0.3 is 4.18 Å². The first-order chi connectivity index (χ1) is 15.6. The van der Waals surface area contributed by atoms with Crippen LogP contribution in [0.3, 0.4) is 0 Å². The standard InChI is InChI=1S/C18H38.C12H18OS2/c1-6-7-8-12-17(4)14-10-15-18(5)13-9-11-16(2)3;1-6-11-9(4)7(2)8(3)10(5)12(11)13-15-14/h16-18H,6-15H2,1-5H3;14H,6H2,1-5H3/t17-,18+;/m0./s1. The molecule has 0 aliphatic heterocycles. The Bertz CT molecular complexity index is 639. The molecular formula is C30H56OS2. The summed E-state index contributed by atoms with van der Waals surface area (Å²) in [7, 11) is 0. The molecule has 2 atom stereocenters. The summed E-state index contributed by atoms with van der Waals surface area (Å²) < 4.78 is 5.56. The Labute approximate surface area is 217 Å². The van der Waals surface area contributed by atoms with E-state index in [9.17, 15) is 0 Å². The van der Waals surface area contributed by atoms with Gasteiger partial charge in [-0.15, -0.1) is 0 Å². The molecule has 1 rings (SSSR count). The third-order valence-corrected chi connectivity index (χ3v) is 7.87. The maximum Gasteiger partial charge on any atom is 0.145 e. The average molecular weight is 497 g/mol. The summed E-state index contributed by atoms with van der Waals surface area (Å²) in [5.41, 5.74) is 6.58. The van der Waals surface area contributed by atoms with Crippen molar-refractivity contribution in [3.05, 3.63) is 27.8 Å². The van der Waals surface area contributed by atoms with Crippen molar-refractivity contribution in [3.63, 3.8) is 0 Å². The van der Waals surface area contributed by atoms with Crippen LogP contribution in [0.1, 0.15) is 134 Å². The number of benzene rings is 1. The molecule has 0 bridgehead atoms. The fourth-order valence-electron chi connectivity index (χ4n) is 4.65. The van der Waals surface area contributed by atoms with Crippen molar-refractivity contribution in [3.8, 4) is 5.75 Å². The molecule has 1 aromatic rings. The summed E-state index contributed by atoms with van der Waals surface area (Å²) in [5, 5.41) is 0. The minimum atomic E-state index is 0.885. The molecule has 0 heterocycles. The Balaban J connectivity index is 0.000000629. The topological polar surface area (TPSA) is 9.23 Å². The lowest BCUT2D eigenvalue weighted by atomic mass is 9.92. The van der Waals surface area contributed by atoms with Crippen LogP contribution in [-0.4, -0.2) is 0 Å². The molecule has 0 amide bonds. The van der Waals surface area contributed by atoms with Gasteiger partial charge in [-0.25, -0.2) is 0 Å². The van der Waals surface area contributed by atoms with E-state index in [0.29, 0.717) is 0 Å². The van der Waals surface area contributed by atoms with Gasteiger partial charge in [0, 0.05) is 0 Å². The Hall–Kier alpha value is -0.280. The summed E-state index contributed by atoms with van der Waals surface area (Å²) in [4.78, 5) is 0. The molecule has 1 nitrogen and oxygen atoms in total. The van der Waals surface area contributed by atoms with Crippen molar-refractivity contribution in [2.75, 3.05) is 0 Å². The lowest BCUT2D eigenvalue weighted by Gasteiger charge is -2.18. The predicted octanol–water partition coefficient (Wildman–Crippen LogP) is 11.2. The molecule has 194 valence electrons. The van der Waals surface area contributed by atoms with Crippen LogP contribution >= 0.6 is 22.7 Å². The highest BCUT2D eigenvalue weighted by Gasteiger charge is 2.15. The average Bonchev–Trinajstić information content (AvgIpc) is 2.77. The first-order valence-corrected chi connectivity index (χ1v) is 15.5. The van der Waals surface area contributed by atoms with E-state index in [-0.39, 0.29) is 0 Å². The number of hydrogen-bond acceptors (Lipinski definition) is 3. The zero-order chi connectivity index (χ0) is 25.4. The van der Waals surface area contributed by atoms with E-state index in [4.69, 9.17) is 4.18 Å². The van der Waals surface area contributed by atoms with Crippen molar-refractivity contribution in [2.24, 2.45) is 17.8 Å². The highest BCUT2D eigenvalue weighted by atomic mass is 33.1. The van der Waals surface area contributed by atoms with Crippen LogP contribution in [0.25, 0.3) is 0 Å². The van der Waals surface area contributed by atoms with Gasteiger partial charge in [-0.1, -0.05) is 117 Å². The summed E-state index contributed by atoms with van der Waals surface area (Å²) >= 11 is 5.17. The maximum atomic E-state index is 5.56. The van der Waals surface area contributed by atoms with Crippen LogP contribution in [0, 0.1) is 45.4 Å². The van der Waals surface area contributed by atoms with Crippen molar-refractivity contribution in [1.82, 2.24) is 0 Å². The third-order valence-electron chi connectivity index (χ3n) is 7.40. The molecule has 0 aromatic heterocycles. The molecule has 0 N–H and O–H groups in total. The number of rotatable bonds is 15. The van der Waals surface area contributed by atoms with Crippen LogP contribution < -0.4 is 4.18 Å². The molecule has 0 unspecified atom stereocenters. The van der Waals surface area contributed by atoms with Gasteiger partial charge in [0.25, 0.3) is 0 Å². The largest absolute Gasteiger partial charge is 0.414 e. The van der Waals surface area contributed by atoms with Gasteiger partial charge in [-0.2, -0.15) is 0 Å². The number of thiol groups is 1. The fourth-order valence-corrected chi connectivity index (χ4v) is 5.18. The molecule has 33 heavy (non-hydrogen) atoms. The van der Waals surface area contributed by atoms with Crippen LogP contribution in [0.5, 0.6) is 5.75 Å². The Morgan fingerprint density at radius 1 is 0.667 bits per heavy atom. The van der Waals surface area contributed by atoms with Crippen molar-refractivity contribution < 1.29 is 4.18 Å². The second kappa shape index (κ2) is 19.0. The smallest absolute Gasteiger partial charge is 0.145 e. The van der Waals surface area contributed by atoms with Gasteiger partial charge >= 0.3 is 0 Å². The zero-order valence-corrected chi connectivity index (χ0v) is 25.5. The van der Waals surface area contributed by atoms with E-state index >= 15 is 0 Å². The van der Waals surface area contributed by atoms with E-state index in [1.165, 1.54) is 92.0 Å². The SMILES string of the molecule is CCCCC[C@H](C)CCC[C@H](C)CCCC(C)C.CCc1c(C)c(C)c(C)c(C)c1OSS. The van der Waals surface area contributed by atoms with Gasteiger partial charge in [-0.3, -0.25) is 0 Å². The molecule has 0 saturated carbocycles. The fraction of sp³-hybridized carbons (Fsp3) is 0.800. The lowest BCUT2D eigenvalue weighted by Crippen LogP contribution is -2.01. The van der Waals surface area contributed by atoms with E-state index in [1.807, 2.05) is 0 Å². The normalized spacial score (nSPS) is 13.0. The third kappa shape index (κ3) is 13.4. The maximum absolute atomic E-state index is 5.56. The zero-order valence-electron chi connectivity index (χ0n) is 23.8. The Morgan fingerprint density at radius 3 is 1.61 bits per heavy atom. The van der Waals surface area contributed by atoms with Crippen LogP contribution in [0.4, 0.5) is 0 Å². The monoisotopic (exact) mass is 496 g/mol. The molecule has 0 fully saturated rings. The van der Waals surface area contributed by atoms with Crippen molar-refractivity contribution in [1.29, 1.82) is 0 Å². The van der Waals surface area contributed by atoms with Gasteiger partial charge in [0.1, 0.15) is 16.8 Å². The lowest BCUT2D eigenvalue weighted by molar-refractivity contribution is 0.387. The second-order valence-corrected chi connectivity index (χ2v) is 11.5. The first-order valence-electron chi connectivity index (χ1n) is 13.7.